The van der Waals surface area contributed by atoms with Crippen LogP contribution in [0.3, 0.4) is 0 Å². The Labute approximate surface area is 81.7 Å². The van der Waals surface area contributed by atoms with Gasteiger partial charge in [-0.05, 0) is 26.2 Å². The number of rotatable bonds is 5. The van der Waals surface area contributed by atoms with Crippen molar-refractivity contribution in [1.29, 1.82) is 0 Å². The van der Waals surface area contributed by atoms with E-state index < -0.39 is 10.8 Å². The van der Waals surface area contributed by atoms with Crippen LogP contribution in [-0.4, -0.2) is 28.2 Å². The van der Waals surface area contributed by atoms with E-state index in [1.165, 1.54) is 0 Å². The summed E-state index contributed by atoms with van der Waals surface area (Å²) in [4.78, 5) is 11.3. The van der Waals surface area contributed by atoms with Gasteiger partial charge >= 0.3 is 0 Å². The van der Waals surface area contributed by atoms with Crippen molar-refractivity contribution in [3.05, 3.63) is 0 Å². The van der Waals surface area contributed by atoms with Crippen LogP contribution in [0, 0.1) is 5.92 Å². The normalized spacial score (nSPS) is 20.8. The molecule has 0 spiro atoms. The van der Waals surface area contributed by atoms with E-state index in [1.807, 2.05) is 6.92 Å². The summed E-state index contributed by atoms with van der Waals surface area (Å²) in [5, 5.41) is 2.92. The number of amides is 1. The van der Waals surface area contributed by atoms with Gasteiger partial charge in [-0.25, -0.2) is 0 Å². The fourth-order valence-electron chi connectivity index (χ4n) is 1.12. The summed E-state index contributed by atoms with van der Waals surface area (Å²) in [6.07, 6.45) is 4.58. The van der Waals surface area contributed by atoms with Crippen LogP contribution >= 0.6 is 0 Å². The Morgan fingerprint density at radius 1 is 1.62 bits per heavy atom. The van der Waals surface area contributed by atoms with Gasteiger partial charge in [-0.15, -0.1) is 0 Å². The fraction of sp³-hybridized carbons (Fsp3) is 0.889. The Bertz CT molecular complexity index is 214. The van der Waals surface area contributed by atoms with Crippen molar-refractivity contribution < 1.29 is 9.00 Å². The molecule has 0 aromatic heterocycles. The zero-order chi connectivity index (χ0) is 9.84. The van der Waals surface area contributed by atoms with E-state index in [2.05, 4.69) is 5.32 Å². The van der Waals surface area contributed by atoms with Crippen LogP contribution in [0.25, 0.3) is 0 Å². The van der Waals surface area contributed by atoms with E-state index in [1.54, 1.807) is 6.26 Å². The lowest BCUT2D eigenvalue weighted by Gasteiger charge is -2.12. The average molecular weight is 203 g/mol. The van der Waals surface area contributed by atoms with Crippen molar-refractivity contribution in [2.75, 3.05) is 12.0 Å². The van der Waals surface area contributed by atoms with Crippen molar-refractivity contribution in [2.24, 2.45) is 5.92 Å². The van der Waals surface area contributed by atoms with Crippen LogP contribution < -0.4 is 5.32 Å². The summed E-state index contributed by atoms with van der Waals surface area (Å²) in [6.45, 7) is 1.97. The molecule has 2 unspecified atom stereocenters. The molecule has 0 bridgehead atoms. The van der Waals surface area contributed by atoms with Crippen molar-refractivity contribution in [2.45, 2.75) is 32.2 Å². The predicted octanol–water partition coefficient (Wildman–Crippen LogP) is 0.670. The van der Waals surface area contributed by atoms with E-state index in [0.717, 1.165) is 19.3 Å². The zero-order valence-electron chi connectivity index (χ0n) is 8.21. The van der Waals surface area contributed by atoms with Gasteiger partial charge in [0.05, 0.1) is 0 Å². The molecule has 1 aliphatic rings. The molecule has 1 saturated carbocycles. The summed E-state index contributed by atoms with van der Waals surface area (Å²) in [5.41, 5.74) is 0. The van der Waals surface area contributed by atoms with E-state index in [-0.39, 0.29) is 17.9 Å². The maximum Gasteiger partial charge on any atom is 0.223 e. The lowest BCUT2D eigenvalue weighted by Crippen LogP contribution is -2.34. The van der Waals surface area contributed by atoms with Crippen molar-refractivity contribution in [3.63, 3.8) is 0 Å². The zero-order valence-corrected chi connectivity index (χ0v) is 9.02. The second-order valence-corrected chi connectivity index (χ2v) is 5.30. The van der Waals surface area contributed by atoms with Crippen LogP contribution in [-0.2, 0) is 15.6 Å². The van der Waals surface area contributed by atoms with Crippen molar-refractivity contribution in [1.82, 2.24) is 5.32 Å². The first-order chi connectivity index (χ1) is 6.09. The molecular weight excluding hydrogens is 186 g/mol. The van der Waals surface area contributed by atoms with E-state index in [4.69, 9.17) is 0 Å². The smallest absolute Gasteiger partial charge is 0.223 e. The fourth-order valence-corrected chi connectivity index (χ4v) is 1.81. The maximum atomic E-state index is 11.3. The SMILES string of the molecule is CC(CCS(C)=O)NC(=O)C1CC1. The standard InChI is InChI=1S/C9H17NO2S/c1-7(5-6-13(2)12)10-9(11)8-3-4-8/h7-8H,3-6H2,1-2H3,(H,10,11). The summed E-state index contributed by atoms with van der Waals surface area (Å²) < 4.78 is 10.8. The monoisotopic (exact) mass is 203 g/mol. The molecule has 1 amide bonds. The number of hydrogen-bond acceptors (Lipinski definition) is 2. The van der Waals surface area contributed by atoms with Gasteiger partial charge in [0.2, 0.25) is 5.91 Å². The van der Waals surface area contributed by atoms with Gasteiger partial charge in [0.1, 0.15) is 0 Å². The lowest BCUT2D eigenvalue weighted by atomic mass is 10.2. The van der Waals surface area contributed by atoms with Gasteiger partial charge in [0.15, 0.2) is 0 Å². The minimum atomic E-state index is -0.747. The Kier molecular flexibility index (Phi) is 3.90. The number of hydrogen-bond donors (Lipinski definition) is 1. The van der Waals surface area contributed by atoms with Crippen LogP contribution in [0.4, 0.5) is 0 Å². The molecule has 0 aliphatic heterocycles. The summed E-state index contributed by atoms with van der Waals surface area (Å²) in [6, 6.07) is 0.164. The second kappa shape index (κ2) is 4.74. The number of carbonyl (C=O) groups is 1. The largest absolute Gasteiger partial charge is 0.353 e. The third-order valence-electron chi connectivity index (χ3n) is 2.18. The van der Waals surface area contributed by atoms with Gasteiger partial charge in [0, 0.05) is 34.8 Å². The molecule has 0 radical (unpaired) electrons. The highest BCUT2D eigenvalue weighted by Crippen LogP contribution is 2.28. The predicted molar refractivity (Wildman–Crippen MR) is 53.9 cm³/mol. The van der Waals surface area contributed by atoms with Crippen LogP contribution in [0.5, 0.6) is 0 Å². The quantitative estimate of drug-likeness (QED) is 0.714. The minimum Gasteiger partial charge on any atom is -0.353 e. The third kappa shape index (κ3) is 4.41. The molecule has 3 nitrogen and oxygen atoms in total. The molecule has 0 saturated heterocycles. The van der Waals surface area contributed by atoms with Gasteiger partial charge in [-0.3, -0.25) is 9.00 Å². The minimum absolute atomic E-state index is 0.164. The molecule has 1 rings (SSSR count). The summed E-state index contributed by atoms with van der Waals surface area (Å²) in [7, 11) is -0.747. The number of carbonyl (C=O) groups excluding carboxylic acids is 1. The van der Waals surface area contributed by atoms with E-state index >= 15 is 0 Å². The number of nitrogens with one attached hydrogen (secondary N) is 1. The van der Waals surface area contributed by atoms with E-state index in [9.17, 15) is 9.00 Å². The molecule has 4 heteroatoms. The second-order valence-electron chi connectivity index (χ2n) is 3.75. The summed E-state index contributed by atoms with van der Waals surface area (Å²) >= 11 is 0. The van der Waals surface area contributed by atoms with Gasteiger partial charge < -0.3 is 5.32 Å². The Morgan fingerprint density at radius 2 is 2.23 bits per heavy atom. The molecule has 0 aromatic rings. The van der Waals surface area contributed by atoms with Crippen LogP contribution in [0.1, 0.15) is 26.2 Å². The van der Waals surface area contributed by atoms with Crippen LogP contribution in [0.15, 0.2) is 0 Å². The van der Waals surface area contributed by atoms with Crippen molar-refractivity contribution >= 4 is 16.7 Å². The van der Waals surface area contributed by atoms with E-state index in [0.29, 0.717) is 5.75 Å². The first-order valence-electron chi connectivity index (χ1n) is 4.70. The van der Waals surface area contributed by atoms with Crippen molar-refractivity contribution in [3.8, 4) is 0 Å². The molecule has 13 heavy (non-hydrogen) atoms. The molecule has 1 N–H and O–H groups in total. The molecule has 76 valence electrons. The molecule has 0 aromatic carbocycles. The highest BCUT2D eigenvalue weighted by atomic mass is 32.2. The Morgan fingerprint density at radius 3 is 2.69 bits per heavy atom. The first kappa shape index (κ1) is 10.7. The highest BCUT2D eigenvalue weighted by Gasteiger charge is 2.30. The Hall–Kier alpha value is -0.380. The molecule has 1 aliphatic carbocycles. The van der Waals surface area contributed by atoms with Gasteiger partial charge in [-0.2, -0.15) is 0 Å². The maximum absolute atomic E-state index is 11.3. The van der Waals surface area contributed by atoms with Gasteiger partial charge in [0.25, 0.3) is 0 Å². The molecular formula is C9H17NO2S. The first-order valence-corrected chi connectivity index (χ1v) is 6.42. The lowest BCUT2D eigenvalue weighted by molar-refractivity contribution is -0.122. The summed E-state index contributed by atoms with van der Waals surface area (Å²) in [5.74, 6) is 1.12. The molecule has 1 fully saturated rings. The van der Waals surface area contributed by atoms with Gasteiger partial charge in [-0.1, -0.05) is 0 Å². The van der Waals surface area contributed by atoms with Crippen LogP contribution in [0.2, 0.25) is 0 Å². The topological polar surface area (TPSA) is 46.2 Å². The molecule has 2 atom stereocenters. The molecule has 0 heterocycles. The average Bonchev–Trinajstić information content (AvgIpc) is 2.82. The third-order valence-corrected chi connectivity index (χ3v) is 2.99. The Balaban J connectivity index is 2.12. The highest BCUT2D eigenvalue weighted by molar-refractivity contribution is 7.84.